The summed E-state index contributed by atoms with van der Waals surface area (Å²) in [7, 11) is 0. The van der Waals surface area contributed by atoms with Crippen molar-refractivity contribution in [2.75, 3.05) is 18.5 Å². The Morgan fingerprint density at radius 1 is 1.56 bits per heavy atom. The highest BCUT2D eigenvalue weighted by molar-refractivity contribution is 5.95. The minimum Gasteiger partial charge on any atom is -0.478 e. The molecule has 1 fully saturated rings. The number of benzene rings is 1. The summed E-state index contributed by atoms with van der Waals surface area (Å²) in [5.41, 5.74) is 2.02. The lowest BCUT2D eigenvalue weighted by Crippen LogP contribution is -2.27. The predicted molar refractivity (Wildman–Crippen MR) is 70.1 cm³/mol. The molecule has 1 aromatic carbocycles. The number of carboxylic acids is 1. The second-order valence-electron chi connectivity index (χ2n) is 4.86. The van der Waals surface area contributed by atoms with Gasteiger partial charge in [-0.25, -0.2) is 4.79 Å². The zero-order valence-electron chi connectivity index (χ0n) is 10.8. The first-order chi connectivity index (χ1) is 8.59. The van der Waals surface area contributed by atoms with E-state index in [1.165, 1.54) is 0 Å². The van der Waals surface area contributed by atoms with Gasteiger partial charge in [0.1, 0.15) is 0 Å². The SMILES string of the molecule is Cc1cccc(C(=O)O)c1NC(C)C1CCOC1. The lowest BCUT2D eigenvalue weighted by molar-refractivity contribution is 0.0698. The van der Waals surface area contributed by atoms with Crippen LogP contribution in [0.5, 0.6) is 0 Å². The first-order valence-corrected chi connectivity index (χ1v) is 6.26. The summed E-state index contributed by atoms with van der Waals surface area (Å²) in [5, 5.41) is 12.5. The summed E-state index contributed by atoms with van der Waals surface area (Å²) in [5.74, 6) is -0.442. The molecular weight excluding hydrogens is 230 g/mol. The summed E-state index contributed by atoms with van der Waals surface area (Å²) < 4.78 is 5.37. The van der Waals surface area contributed by atoms with Gasteiger partial charge in [0, 0.05) is 18.6 Å². The first-order valence-electron chi connectivity index (χ1n) is 6.26. The van der Waals surface area contributed by atoms with Gasteiger partial charge in [-0.05, 0) is 31.9 Å². The van der Waals surface area contributed by atoms with E-state index < -0.39 is 5.97 Å². The number of aryl methyl sites for hydroxylation is 1. The summed E-state index contributed by atoms with van der Waals surface area (Å²) in [6, 6.07) is 5.54. The number of carboxylic acid groups (broad SMARTS) is 1. The number of aromatic carboxylic acids is 1. The van der Waals surface area contributed by atoms with Crippen molar-refractivity contribution < 1.29 is 14.6 Å². The third kappa shape index (κ3) is 2.64. The van der Waals surface area contributed by atoms with Crippen LogP contribution in [0.15, 0.2) is 18.2 Å². The first kappa shape index (κ1) is 12.9. The van der Waals surface area contributed by atoms with Gasteiger partial charge in [-0.1, -0.05) is 12.1 Å². The monoisotopic (exact) mass is 249 g/mol. The van der Waals surface area contributed by atoms with Crippen molar-refractivity contribution in [2.24, 2.45) is 5.92 Å². The van der Waals surface area contributed by atoms with Crippen LogP contribution in [-0.4, -0.2) is 30.3 Å². The van der Waals surface area contributed by atoms with E-state index >= 15 is 0 Å². The summed E-state index contributed by atoms with van der Waals surface area (Å²) in [6.45, 7) is 5.56. The molecule has 1 heterocycles. The van der Waals surface area contributed by atoms with Crippen LogP contribution in [0.25, 0.3) is 0 Å². The summed E-state index contributed by atoms with van der Waals surface area (Å²) in [4.78, 5) is 11.2. The topological polar surface area (TPSA) is 58.6 Å². The van der Waals surface area contributed by atoms with Gasteiger partial charge >= 0.3 is 5.97 Å². The molecule has 1 aliphatic rings. The smallest absolute Gasteiger partial charge is 0.337 e. The van der Waals surface area contributed by atoms with Crippen molar-refractivity contribution in [1.29, 1.82) is 0 Å². The minimum atomic E-state index is -0.893. The maximum atomic E-state index is 11.2. The number of anilines is 1. The molecule has 1 aromatic rings. The van der Waals surface area contributed by atoms with Crippen molar-refractivity contribution in [3.8, 4) is 0 Å². The largest absolute Gasteiger partial charge is 0.478 e. The van der Waals surface area contributed by atoms with Gasteiger partial charge in [0.05, 0.1) is 17.9 Å². The maximum Gasteiger partial charge on any atom is 0.337 e. The Morgan fingerprint density at radius 3 is 2.94 bits per heavy atom. The van der Waals surface area contributed by atoms with Crippen LogP contribution in [0.2, 0.25) is 0 Å². The van der Waals surface area contributed by atoms with Gasteiger partial charge in [0.25, 0.3) is 0 Å². The molecule has 2 rings (SSSR count). The molecule has 0 spiro atoms. The number of rotatable bonds is 4. The molecule has 4 heteroatoms. The van der Waals surface area contributed by atoms with Crippen molar-refractivity contribution in [1.82, 2.24) is 0 Å². The number of carbonyl (C=O) groups is 1. The van der Waals surface area contributed by atoms with Crippen LogP contribution in [0.4, 0.5) is 5.69 Å². The van der Waals surface area contributed by atoms with E-state index in [0.717, 1.165) is 30.9 Å². The van der Waals surface area contributed by atoms with Crippen molar-refractivity contribution in [3.63, 3.8) is 0 Å². The molecule has 1 aliphatic heterocycles. The van der Waals surface area contributed by atoms with Crippen molar-refractivity contribution in [3.05, 3.63) is 29.3 Å². The molecule has 98 valence electrons. The molecule has 2 atom stereocenters. The Kier molecular flexibility index (Phi) is 3.87. The zero-order valence-corrected chi connectivity index (χ0v) is 10.8. The highest BCUT2D eigenvalue weighted by Gasteiger charge is 2.23. The minimum absolute atomic E-state index is 0.215. The standard InChI is InChI=1S/C14H19NO3/c1-9-4-3-5-12(14(16)17)13(9)15-10(2)11-6-7-18-8-11/h3-5,10-11,15H,6-8H2,1-2H3,(H,16,17). The van der Waals surface area contributed by atoms with Crippen molar-refractivity contribution >= 4 is 11.7 Å². The van der Waals surface area contributed by atoms with Gasteiger partial charge in [0.2, 0.25) is 0 Å². The number of para-hydroxylation sites is 1. The normalized spacial score (nSPS) is 20.7. The second kappa shape index (κ2) is 5.40. The molecule has 18 heavy (non-hydrogen) atoms. The quantitative estimate of drug-likeness (QED) is 0.861. The van der Waals surface area contributed by atoms with Gasteiger partial charge in [-0.2, -0.15) is 0 Å². The highest BCUT2D eigenvalue weighted by atomic mass is 16.5. The van der Waals surface area contributed by atoms with Gasteiger partial charge < -0.3 is 15.2 Å². The van der Waals surface area contributed by atoms with E-state index in [0.29, 0.717) is 11.5 Å². The van der Waals surface area contributed by atoms with Gasteiger partial charge in [0.15, 0.2) is 0 Å². The molecule has 4 nitrogen and oxygen atoms in total. The van der Waals surface area contributed by atoms with Crippen LogP contribution in [0, 0.1) is 12.8 Å². The Balaban J connectivity index is 2.19. The van der Waals surface area contributed by atoms with Crippen LogP contribution in [0.1, 0.15) is 29.3 Å². The molecule has 0 bridgehead atoms. The fraction of sp³-hybridized carbons (Fsp3) is 0.500. The van der Waals surface area contributed by atoms with E-state index in [2.05, 4.69) is 12.2 Å². The average molecular weight is 249 g/mol. The lowest BCUT2D eigenvalue weighted by atomic mass is 9.99. The van der Waals surface area contributed by atoms with Crippen LogP contribution < -0.4 is 5.32 Å². The molecule has 0 aliphatic carbocycles. The Morgan fingerprint density at radius 2 is 2.33 bits per heavy atom. The molecular formula is C14H19NO3. The molecule has 0 amide bonds. The molecule has 2 N–H and O–H groups in total. The number of ether oxygens (including phenoxy) is 1. The fourth-order valence-corrected chi connectivity index (χ4v) is 2.33. The summed E-state index contributed by atoms with van der Waals surface area (Å²) in [6.07, 6.45) is 1.03. The third-order valence-corrected chi connectivity index (χ3v) is 3.55. The maximum absolute atomic E-state index is 11.2. The van der Waals surface area contributed by atoms with E-state index in [4.69, 9.17) is 4.74 Å². The van der Waals surface area contributed by atoms with E-state index in [1.54, 1.807) is 12.1 Å². The Labute approximate surface area is 107 Å². The summed E-state index contributed by atoms with van der Waals surface area (Å²) >= 11 is 0. The Bertz CT molecular complexity index is 439. The van der Waals surface area contributed by atoms with Crippen LogP contribution >= 0.6 is 0 Å². The second-order valence-corrected chi connectivity index (χ2v) is 4.86. The zero-order chi connectivity index (χ0) is 13.1. The molecule has 1 saturated heterocycles. The highest BCUT2D eigenvalue weighted by Crippen LogP contribution is 2.25. The number of hydrogen-bond acceptors (Lipinski definition) is 3. The van der Waals surface area contributed by atoms with Gasteiger partial charge in [-0.15, -0.1) is 0 Å². The van der Waals surface area contributed by atoms with Crippen LogP contribution in [-0.2, 0) is 4.74 Å². The Hall–Kier alpha value is -1.55. The predicted octanol–water partition coefficient (Wildman–Crippen LogP) is 2.53. The number of nitrogens with one attached hydrogen (secondary N) is 1. The van der Waals surface area contributed by atoms with E-state index in [-0.39, 0.29) is 6.04 Å². The van der Waals surface area contributed by atoms with E-state index in [1.807, 2.05) is 13.0 Å². The third-order valence-electron chi connectivity index (χ3n) is 3.55. The van der Waals surface area contributed by atoms with E-state index in [9.17, 15) is 9.90 Å². The lowest BCUT2D eigenvalue weighted by Gasteiger charge is -2.23. The van der Waals surface area contributed by atoms with Crippen molar-refractivity contribution in [2.45, 2.75) is 26.3 Å². The van der Waals surface area contributed by atoms with Crippen LogP contribution in [0.3, 0.4) is 0 Å². The molecule has 2 unspecified atom stereocenters. The molecule has 0 aromatic heterocycles. The number of hydrogen-bond donors (Lipinski definition) is 2. The fourth-order valence-electron chi connectivity index (χ4n) is 2.33. The molecule has 0 radical (unpaired) electrons. The van der Waals surface area contributed by atoms with Gasteiger partial charge in [-0.3, -0.25) is 0 Å². The average Bonchev–Trinajstić information content (AvgIpc) is 2.85. The molecule has 0 saturated carbocycles.